The van der Waals surface area contributed by atoms with Crippen molar-refractivity contribution >= 4 is 11.6 Å². The summed E-state index contributed by atoms with van der Waals surface area (Å²) in [6.45, 7) is 8.44. The molecule has 1 amide bonds. The normalized spacial score (nSPS) is 24.8. The van der Waals surface area contributed by atoms with Crippen molar-refractivity contribution in [1.29, 1.82) is 0 Å². The largest absolute Gasteiger partial charge is 0.381 e. The van der Waals surface area contributed by atoms with E-state index in [4.69, 9.17) is 0 Å². The van der Waals surface area contributed by atoms with Gasteiger partial charge < -0.3 is 15.1 Å². The predicted molar refractivity (Wildman–Crippen MR) is 94.8 cm³/mol. The fourth-order valence-electron chi connectivity index (χ4n) is 4.05. The average molecular weight is 313 g/mol. The number of para-hydroxylation sites is 1. The molecular weight excluding hydrogens is 286 g/mol. The Morgan fingerprint density at radius 1 is 1.30 bits per heavy atom. The van der Waals surface area contributed by atoms with Crippen molar-refractivity contribution in [2.24, 2.45) is 5.41 Å². The van der Waals surface area contributed by atoms with E-state index in [1.165, 1.54) is 12.8 Å². The molecule has 2 aliphatic rings. The fourth-order valence-corrected chi connectivity index (χ4v) is 4.05. The highest BCUT2D eigenvalue weighted by atomic mass is 16.2. The topological polar surface area (TPSA) is 35.6 Å². The van der Waals surface area contributed by atoms with Crippen molar-refractivity contribution in [2.45, 2.75) is 19.3 Å². The Balaban J connectivity index is 1.76. The quantitative estimate of drug-likeness (QED) is 0.868. The Morgan fingerprint density at radius 2 is 2.13 bits per heavy atom. The third kappa shape index (κ3) is 3.42. The molecule has 2 aliphatic heterocycles. The lowest BCUT2D eigenvalue weighted by molar-refractivity contribution is 0.0535. The van der Waals surface area contributed by atoms with E-state index in [0.717, 1.165) is 43.9 Å². The van der Waals surface area contributed by atoms with Crippen LogP contribution in [0.4, 0.5) is 5.69 Å². The van der Waals surface area contributed by atoms with Gasteiger partial charge in [0, 0.05) is 37.3 Å². The first-order valence-electron chi connectivity index (χ1n) is 8.55. The fraction of sp³-hybridized carbons (Fsp3) is 0.526. The SMILES string of the molecule is C=CCNc1ccccc1C(=O)N1CCC[C@@]2(CCN(C)C2)C1. The molecule has 0 unspecified atom stereocenters. The van der Waals surface area contributed by atoms with Crippen molar-refractivity contribution in [3.05, 3.63) is 42.5 Å². The maximum Gasteiger partial charge on any atom is 0.255 e. The lowest BCUT2D eigenvalue weighted by Gasteiger charge is -2.40. The highest BCUT2D eigenvalue weighted by Crippen LogP contribution is 2.39. The van der Waals surface area contributed by atoms with Crippen LogP contribution in [0.25, 0.3) is 0 Å². The number of benzene rings is 1. The van der Waals surface area contributed by atoms with Crippen LogP contribution in [0.1, 0.15) is 29.6 Å². The van der Waals surface area contributed by atoms with Gasteiger partial charge in [-0.25, -0.2) is 0 Å². The molecular formula is C19H27N3O. The van der Waals surface area contributed by atoms with Crippen molar-refractivity contribution < 1.29 is 4.79 Å². The number of hydrogen-bond acceptors (Lipinski definition) is 3. The summed E-state index contributed by atoms with van der Waals surface area (Å²) in [6.07, 6.45) is 5.38. The molecule has 3 rings (SSSR count). The molecule has 1 aromatic rings. The van der Waals surface area contributed by atoms with Gasteiger partial charge in [-0.2, -0.15) is 0 Å². The lowest BCUT2D eigenvalue weighted by Crippen LogP contribution is -2.47. The standard InChI is InChI=1S/C19H27N3O/c1-3-11-20-17-8-5-4-7-16(17)18(23)22-12-6-9-19(15-22)10-13-21(2)14-19/h3-5,7-8,20H,1,6,9-15H2,2H3/t19-/m0/s1. The number of amides is 1. The van der Waals surface area contributed by atoms with Gasteiger partial charge in [-0.05, 0) is 45.0 Å². The summed E-state index contributed by atoms with van der Waals surface area (Å²) in [5, 5.41) is 3.28. The van der Waals surface area contributed by atoms with Crippen molar-refractivity contribution in [3.63, 3.8) is 0 Å². The summed E-state index contributed by atoms with van der Waals surface area (Å²) in [5.74, 6) is 0.158. The average Bonchev–Trinajstić information content (AvgIpc) is 2.92. The second-order valence-electron chi connectivity index (χ2n) is 7.03. The van der Waals surface area contributed by atoms with Crippen LogP contribution in [0.15, 0.2) is 36.9 Å². The molecule has 0 bridgehead atoms. The molecule has 0 aromatic heterocycles. The molecule has 2 fully saturated rings. The van der Waals surface area contributed by atoms with E-state index in [0.29, 0.717) is 12.0 Å². The molecule has 2 heterocycles. The van der Waals surface area contributed by atoms with Crippen LogP contribution in [-0.2, 0) is 0 Å². The van der Waals surface area contributed by atoms with Crippen LogP contribution in [0.5, 0.6) is 0 Å². The Kier molecular flexibility index (Phi) is 4.71. The third-order valence-electron chi connectivity index (χ3n) is 5.17. The zero-order chi connectivity index (χ0) is 16.3. The van der Waals surface area contributed by atoms with Crippen molar-refractivity contribution in [1.82, 2.24) is 9.80 Å². The minimum atomic E-state index is 0.158. The van der Waals surface area contributed by atoms with E-state index in [9.17, 15) is 4.79 Å². The van der Waals surface area contributed by atoms with Crippen LogP contribution in [0.3, 0.4) is 0 Å². The summed E-state index contributed by atoms with van der Waals surface area (Å²) in [4.78, 5) is 17.5. The highest BCUT2D eigenvalue weighted by Gasteiger charge is 2.41. The lowest BCUT2D eigenvalue weighted by atomic mass is 9.79. The molecule has 0 aliphatic carbocycles. The molecule has 0 saturated carbocycles. The first-order valence-corrected chi connectivity index (χ1v) is 8.55. The van der Waals surface area contributed by atoms with Crippen LogP contribution in [0, 0.1) is 5.41 Å². The molecule has 1 aromatic carbocycles. The Hall–Kier alpha value is -1.81. The number of carbonyl (C=O) groups is 1. The molecule has 4 nitrogen and oxygen atoms in total. The Morgan fingerprint density at radius 3 is 2.87 bits per heavy atom. The second kappa shape index (κ2) is 6.75. The van der Waals surface area contributed by atoms with E-state index in [2.05, 4.69) is 28.7 Å². The van der Waals surface area contributed by atoms with Gasteiger partial charge in [0.05, 0.1) is 5.56 Å². The van der Waals surface area contributed by atoms with E-state index < -0.39 is 0 Å². The Bertz CT molecular complexity index is 582. The monoisotopic (exact) mass is 313 g/mol. The number of hydrogen-bond donors (Lipinski definition) is 1. The van der Waals surface area contributed by atoms with E-state index >= 15 is 0 Å². The molecule has 0 radical (unpaired) electrons. The summed E-state index contributed by atoms with van der Waals surface area (Å²) < 4.78 is 0. The van der Waals surface area contributed by atoms with Gasteiger partial charge in [0.1, 0.15) is 0 Å². The predicted octanol–water partition coefficient (Wildman–Crippen LogP) is 2.84. The molecule has 1 atom stereocenters. The number of anilines is 1. The van der Waals surface area contributed by atoms with Crippen molar-refractivity contribution in [2.75, 3.05) is 45.1 Å². The molecule has 1 spiro atoms. The van der Waals surface area contributed by atoms with Gasteiger partial charge >= 0.3 is 0 Å². The third-order valence-corrected chi connectivity index (χ3v) is 5.17. The summed E-state index contributed by atoms with van der Waals surface area (Å²) in [5.41, 5.74) is 1.99. The van der Waals surface area contributed by atoms with Crippen LogP contribution in [0.2, 0.25) is 0 Å². The number of rotatable bonds is 4. The second-order valence-corrected chi connectivity index (χ2v) is 7.03. The molecule has 23 heavy (non-hydrogen) atoms. The zero-order valence-corrected chi connectivity index (χ0v) is 14.1. The minimum Gasteiger partial charge on any atom is -0.381 e. The van der Waals surface area contributed by atoms with Gasteiger partial charge in [-0.15, -0.1) is 6.58 Å². The molecule has 1 N–H and O–H groups in total. The van der Waals surface area contributed by atoms with Gasteiger partial charge in [-0.1, -0.05) is 18.2 Å². The molecule has 124 valence electrons. The number of piperidine rings is 1. The van der Waals surface area contributed by atoms with Gasteiger partial charge in [0.25, 0.3) is 5.91 Å². The summed E-state index contributed by atoms with van der Waals surface area (Å²) >= 11 is 0. The molecule has 4 heteroatoms. The van der Waals surface area contributed by atoms with E-state index in [1.54, 1.807) is 0 Å². The number of carbonyl (C=O) groups excluding carboxylic acids is 1. The van der Waals surface area contributed by atoms with Crippen molar-refractivity contribution in [3.8, 4) is 0 Å². The maximum atomic E-state index is 13.1. The first-order chi connectivity index (χ1) is 11.1. The maximum absolute atomic E-state index is 13.1. The van der Waals surface area contributed by atoms with Gasteiger partial charge in [0.2, 0.25) is 0 Å². The number of likely N-dealkylation sites (tertiary alicyclic amines) is 2. The number of nitrogens with zero attached hydrogens (tertiary/aromatic N) is 2. The zero-order valence-electron chi connectivity index (χ0n) is 14.1. The minimum absolute atomic E-state index is 0.158. The van der Waals surface area contributed by atoms with E-state index in [-0.39, 0.29) is 5.91 Å². The van der Waals surface area contributed by atoms with Crippen LogP contribution in [-0.4, -0.2) is 55.5 Å². The van der Waals surface area contributed by atoms with Gasteiger partial charge in [0.15, 0.2) is 0 Å². The van der Waals surface area contributed by atoms with Crippen LogP contribution < -0.4 is 5.32 Å². The number of nitrogens with one attached hydrogen (secondary N) is 1. The summed E-state index contributed by atoms with van der Waals surface area (Å²) in [6, 6.07) is 7.80. The Labute approximate surface area is 139 Å². The first kappa shape index (κ1) is 16.1. The molecule has 2 saturated heterocycles. The van der Waals surface area contributed by atoms with Gasteiger partial charge in [-0.3, -0.25) is 4.79 Å². The van der Waals surface area contributed by atoms with E-state index in [1.807, 2.05) is 30.3 Å². The smallest absolute Gasteiger partial charge is 0.255 e. The van der Waals surface area contributed by atoms with Crippen LogP contribution >= 0.6 is 0 Å². The summed E-state index contributed by atoms with van der Waals surface area (Å²) in [7, 11) is 2.18. The highest BCUT2D eigenvalue weighted by molar-refractivity contribution is 5.99.